The fraction of sp³-hybridized carbons (Fsp3) is 0.700. The van der Waals surface area contributed by atoms with Gasteiger partial charge in [-0.2, -0.15) is 5.10 Å². The zero-order chi connectivity index (χ0) is 14.6. The molecule has 0 spiro atoms. The standard InChI is InChI=1S/C10H19BN2O4S2/c1-8(2)10-6-11(14)13(12-7-10)19(15,16)5-4-17-9(3)18/h6-9,14,18H,4-5H2,1-3H3/t9-/m0/s1. The second-order valence-corrected chi connectivity index (χ2v) is 7.21. The van der Waals surface area contributed by atoms with E-state index in [1.807, 2.05) is 13.8 Å². The molecule has 1 atom stereocenters. The van der Waals surface area contributed by atoms with Crippen LogP contribution in [0.2, 0.25) is 0 Å². The molecule has 1 heterocycles. The van der Waals surface area contributed by atoms with Crippen molar-refractivity contribution in [2.75, 3.05) is 12.4 Å². The highest BCUT2D eigenvalue weighted by molar-refractivity contribution is 7.90. The third-order valence-corrected chi connectivity index (χ3v) is 4.25. The van der Waals surface area contributed by atoms with E-state index in [0.717, 1.165) is 5.57 Å². The van der Waals surface area contributed by atoms with E-state index in [-0.39, 0.29) is 23.7 Å². The lowest BCUT2D eigenvalue weighted by atomic mass is 9.79. The zero-order valence-corrected chi connectivity index (χ0v) is 12.9. The summed E-state index contributed by atoms with van der Waals surface area (Å²) < 4.78 is 29.7. The minimum Gasteiger partial charge on any atom is -0.427 e. The summed E-state index contributed by atoms with van der Waals surface area (Å²) in [7, 11) is -4.96. The van der Waals surface area contributed by atoms with E-state index >= 15 is 0 Å². The second kappa shape index (κ2) is 6.78. The molecule has 0 saturated carbocycles. The molecule has 0 fully saturated rings. The van der Waals surface area contributed by atoms with Crippen molar-refractivity contribution in [3.05, 3.63) is 11.5 Å². The van der Waals surface area contributed by atoms with Crippen molar-refractivity contribution in [1.29, 1.82) is 0 Å². The topological polar surface area (TPSA) is 79.2 Å². The van der Waals surface area contributed by atoms with Crippen molar-refractivity contribution in [1.82, 2.24) is 4.33 Å². The summed E-state index contributed by atoms with van der Waals surface area (Å²) in [6, 6.07) is 0. The van der Waals surface area contributed by atoms with Gasteiger partial charge in [0.05, 0.1) is 17.8 Å². The van der Waals surface area contributed by atoms with Gasteiger partial charge in [0.15, 0.2) is 0 Å². The van der Waals surface area contributed by atoms with Crippen molar-refractivity contribution in [3.8, 4) is 0 Å². The summed E-state index contributed by atoms with van der Waals surface area (Å²) in [5, 5.41) is 13.6. The lowest BCUT2D eigenvalue weighted by Crippen LogP contribution is -2.43. The number of nitrogens with zero attached hydrogens (tertiary/aromatic N) is 2. The highest BCUT2D eigenvalue weighted by Crippen LogP contribution is 2.16. The highest BCUT2D eigenvalue weighted by Gasteiger charge is 2.33. The second-order valence-electron chi connectivity index (χ2n) is 4.54. The Bertz CT molecular complexity index is 462. The molecular weight excluding hydrogens is 287 g/mol. The number of ether oxygens (including phenoxy) is 1. The Balaban J connectivity index is 2.69. The van der Waals surface area contributed by atoms with Crippen LogP contribution in [0, 0.1) is 5.92 Å². The van der Waals surface area contributed by atoms with E-state index in [1.54, 1.807) is 6.92 Å². The molecule has 1 aliphatic heterocycles. The van der Waals surface area contributed by atoms with Crippen LogP contribution >= 0.6 is 12.6 Å². The molecule has 1 rings (SSSR count). The van der Waals surface area contributed by atoms with Crippen molar-refractivity contribution < 1.29 is 18.2 Å². The molecule has 0 saturated heterocycles. The molecule has 108 valence electrons. The maximum Gasteiger partial charge on any atom is 0.476 e. The van der Waals surface area contributed by atoms with Gasteiger partial charge in [0.2, 0.25) is 10.0 Å². The summed E-state index contributed by atoms with van der Waals surface area (Å²) in [6.07, 6.45) is 1.46. The average molecular weight is 306 g/mol. The summed E-state index contributed by atoms with van der Waals surface area (Å²) in [6.45, 7) is 5.58. The van der Waals surface area contributed by atoms with Crippen molar-refractivity contribution in [2.24, 2.45) is 11.0 Å². The Hall–Kier alpha value is -0.505. The first-order valence-electron chi connectivity index (χ1n) is 5.99. The molecule has 19 heavy (non-hydrogen) atoms. The third-order valence-electron chi connectivity index (χ3n) is 2.54. The molecule has 9 heteroatoms. The minimum absolute atomic E-state index is 0.00644. The first kappa shape index (κ1) is 16.5. The van der Waals surface area contributed by atoms with Crippen molar-refractivity contribution >= 4 is 35.9 Å². The van der Waals surface area contributed by atoms with Gasteiger partial charge in [-0.15, -0.1) is 12.6 Å². The number of hydrogen-bond donors (Lipinski definition) is 2. The Kier molecular flexibility index (Phi) is 5.91. The van der Waals surface area contributed by atoms with Crippen LogP contribution in [0.5, 0.6) is 0 Å². The number of sulfonamides is 1. The normalized spacial score (nSPS) is 17.9. The smallest absolute Gasteiger partial charge is 0.427 e. The summed E-state index contributed by atoms with van der Waals surface area (Å²) in [5.41, 5.74) is 0.469. The van der Waals surface area contributed by atoms with Gasteiger partial charge in [-0.1, -0.05) is 19.8 Å². The molecule has 0 bridgehead atoms. The molecule has 0 aromatic carbocycles. The molecule has 0 amide bonds. The predicted molar refractivity (Wildman–Crippen MR) is 79.4 cm³/mol. The molecule has 0 aromatic heterocycles. The van der Waals surface area contributed by atoms with Crippen LogP contribution in [0.25, 0.3) is 0 Å². The van der Waals surface area contributed by atoms with Crippen LogP contribution in [-0.2, 0) is 14.8 Å². The van der Waals surface area contributed by atoms with Gasteiger partial charge >= 0.3 is 7.05 Å². The van der Waals surface area contributed by atoms with Gasteiger partial charge in [0, 0.05) is 6.21 Å². The highest BCUT2D eigenvalue weighted by atomic mass is 32.2. The first-order valence-corrected chi connectivity index (χ1v) is 8.12. The number of rotatable bonds is 6. The van der Waals surface area contributed by atoms with Crippen LogP contribution in [-0.4, -0.2) is 48.8 Å². The molecular formula is C10H19BN2O4S2. The van der Waals surface area contributed by atoms with E-state index in [4.69, 9.17) is 4.74 Å². The van der Waals surface area contributed by atoms with Gasteiger partial charge in [-0.25, -0.2) is 12.7 Å². The average Bonchev–Trinajstić information content (AvgIpc) is 2.27. The van der Waals surface area contributed by atoms with E-state index in [2.05, 4.69) is 17.7 Å². The van der Waals surface area contributed by atoms with Crippen LogP contribution < -0.4 is 0 Å². The van der Waals surface area contributed by atoms with Gasteiger partial charge in [0.1, 0.15) is 0 Å². The molecule has 1 N–H and O–H groups in total. The van der Waals surface area contributed by atoms with Gasteiger partial charge in [-0.05, 0) is 18.4 Å². The molecule has 6 nitrogen and oxygen atoms in total. The molecule has 0 unspecified atom stereocenters. The number of thiol groups is 1. The monoisotopic (exact) mass is 306 g/mol. The Morgan fingerprint density at radius 3 is 2.63 bits per heavy atom. The van der Waals surface area contributed by atoms with Gasteiger partial charge in [-0.3, -0.25) is 0 Å². The van der Waals surface area contributed by atoms with Crippen molar-refractivity contribution in [2.45, 2.75) is 26.2 Å². The first-order chi connectivity index (χ1) is 8.74. The van der Waals surface area contributed by atoms with Crippen LogP contribution in [0.1, 0.15) is 20.8 Å². The fourth-order valence-corrected chi connectivity index (χ4v) is 2.65. The number of allylic oxidation sites excluding steroid dienone is 1. The largest absolute Gasteiger partial charge is 0.476 e. The molecule has 0 aliphatic carbocycles. The number of hydrogen-bond acceptors (Lipinski definition) is 6. The third kappa shape index (κ3) is 4.83. The molecule has 0 radical (unpaired) electrons. The fourth-order valence-electron chi connectivity index (χ4n) is 1.47. The van der Waals surface area contributed by atoms with E-state index in [0.29, 0.717) is 4.33 Å². The van der Waals surface area contributed by atoms with Gasteiger partial charge < -0.3 is 9.76 Å². The minimum atomic E-state index is -3.70. The summed E-state index contributed by atoms with van der Waals surface area (Å²) in [5.74, 6) is 1.41. The maximum atomic E-state index is 12.0. The lowest BCUT2D eigenvalue weighted by Gasteiger charge is -2.24. The predicted octanol–water partition coefficient (Wildman–Crippen LogP) is 0.512. The zero-order valence-electron chi connectivity index (χ0n) is 11.2. The number of hydrazone groups is 1. The quantitative estimate of drug-likeness (QED) is 0.426. The molecule has 0 aromatic rings. The van der Waals surface area contributed by atoms with Gasteiger partial charge in [0.25, 0.3) is 0 Å². The lowest BCUT2D eigenvalue weighted by molar-refractivity contribution is 0.139. The Labute approximate surface area is 120 Å². The summed E-state index contributed by atoms with van der Waals surface area (Å²) >= 11 is 3.99. The van der Waals surface area contributed by atoms with Crippen LogP contribution in [0.4, 0.5) is 0 Å². The van der Waals surface area contributed by atoms with E-state index in [9.17, 15) is 13.4 Å². The van der Waals surface area contributed by atoms with Crippen LogP contribution in [0.15, 0.2) is 16.6 Å². The Morgan fingerprint density at radius 1 is 1.53 bits per heavy atom. The molecule has 1 aliphatic rings. The SMILES string of the molecule is CC(C)C1=CB(O)N(S(=O)(=O)CCO[C@H](C)S)N=C1. The maximum absolute atomic E-state index is 12.0. The van der Waals surface area contributed by atoms with Crippen molar-refractivity contribution in [3.63, 3.8) is 0 Å². The van der Waals surface area contributed by atoms with E-state index in [1.165, 1.54) is 12.2 Å². The Morgan fingerprint density at radius 2 is 2.16 bits per heavy atom. The van der Waals surface area contributed by atoms with Crippen LogP contribution in [0.3, 0.4) is 0 Å². The summed E-state index contributed by atoms with van der Waals surface area (Å²) in [4.78, 5) is 0. The van der Waals surface area contributed by atoms with E-state index < -0.39 is 17.1 Å².